The summed E-state index contributed by atoms with van der Waals surface area (Å²) in [4.78, 5) is 0. The number of hydrogen-bond donors (Lipinski definition) is 2. The van der Waals surface area contributed by atoms with Crippen LogP contribution in [-0.2, 0) is 0 Å². The monoisotopic (exact) mass is 142 g/mol. The molecule has 0 aliphatic heterocycles. The molecular formula is H4BrN2P. The summed E-state index contributed by atoms with van der Waals surface area (Å²) < 4.78 is 0. The lowest BCUT2D eigenvalue weighted by molar-refractivity contribution is 1.86. The molecule has 0 atom stereocenters. The SMILES string of the molecule is NP(N)Br. The highest BCUT2D eigenvalue weighted by Crippen LogP contribution is 2.21. The van der Waals surface area contributed by atoms with Crippen LogP contribution in [0.15, 0.2) is 0 Å². The summed E-state index contributed by atoms with van der Waals surface area (Å²) in [5, 5.41) is 0. The van der Waals surface area contributed by atoms with Gasteiger partial charge >= 0.3 is 0 Å². The van der Waals surface area contributed by atoms with Gasteiger partial charge in [-0.2, -0.15) is 0 Å². The maximum absolute atomic E-state index is 4.87. The molecular weight excluding hydrogens is 139 g/mol. The van der Waals surface area contributed by atoms with Gasteiger partial charge in [0.25, 0.3) is 0 Å². The zero-order valence-electron chi connectivity index (χ0n) is 1.98. The van der Waals surface area contributed by atoms with Crippen LogP contribution in [0.1, 0.15) is 0 Å². The van der Waals surface area contributed by atoms with E-state index < -0.39 is 6.93 Å². The molecule has 0 aromatic rings. The summed E-state index contributed by atoms with van der Waals surface area (Å²) in [5.74, 6) is 0. The van der Waals surface area contributed by atoms with E-state index in [2.05, 4.69) is 15.5 Å². The van der Waals surface area contributed by atoms with Crippen molar-refractivity contribution in [2.45, 2.75) is 0 Å². The number of rotatable bonds is 0. The molecule has 0 radical (unpaired) electrons. The standard InChI is InChI=1S/BrH4N2P/c1-4(2)3/h2-3H2. The number of hydrogen-bond acceptors (Lipinski definition) is 2. The summed E-state index contributed by atoms with van der Waals surface area (Å²) in [6, 6.07) is 0. The first-order valence-electron chi connectivity index (χ1n) is 0.685. The molecule has 4 heteroatoms. The van der Waals surface area contributed by atoms with E-state index in [4.69, 9.17) is 11.0 Å². The maximum Gasteiger partial charge on any atom is 0.102 e. The molecule has 0 saturated carbocycles. The van der Waals surface area contributed by atoms with Gasteiger partial charge in [-0.25, -0.2) is 0 Å². The van der Waals surface area contributed by atoms with Crippen molar-refractivity contribution in [2.75, 3.05) is 0 Å². The second kappa shape index (κ2) is 2.09. The van der Waals surface area contributed by atoms with E-state index in [-0.39, 0.29) is 0 Å². The second-order valence-electron chi connectivity index (χ2n) is 0.344. The minimum Gasteiger partial charge on any atom is -0.289 e. The summed E-state index contributed by atoms with van der Waals surface area (Å²) in [6.45, 7) is -0.808. The predicted molar refractivity (Wildman–Crippen MR) is 24.2 cm³/mol. The lowest BCUT2D eigenvalue weighted by Gasteiger charge is -1.79. The Hall–Kier alpha value is 0.830. The zero-order chi connectivity index (χ0) is 3.58. The van der Waals surface area contributed by atoms with Crippen LogP contribution in [0.3, 0.4) is 0 Å². The molecule has 4 heavy (non-hydrogen) atoms. The fraction of sp³-hybridized carbons (Fsp3) is 0. The molecule has 0 aromatic heterocycles. The summed E-state index contributed by atoms with van der Waals surface area (Å²) in [6.07, 6.45) is 0. The molecule has 0 unspecified atom stereocenters. The lowest BCUT2D eigenvalue weighted by Crippen LogP contribution is -1.87. The molecule has 4 N–H and O–H groups in total. The molecule has 0 bridgehead atoms. The van der Waals surface area contributed by atoms with Crippen LogP contribution < -0.4 is 11.0 Å². The third kappa shape index (κ3) is 13.8. The van der Waals surface area contributed by atoms with Gasteiger partial charge in [-0.15, -0.1) is 0 Å². The largest absolute Gasteiger partial charge is 0.289 e. The van der Waals surface area contributed by atoms with Crippen molar-refractivity contribution < 1.29 is 0 Å². The molecule has 26 valence electrons. The molecule has 0 saturated heterocycles. The third-order valence-corrected chi connectivity index (χ3v) is 0. The molecule has 0 aliphatic carbocycles. The van der Waals surface area contributed by atoms with E-state index in [1.165, 1.54) is 0 Å². The highest BCUT2D eigenvalue weighted by atomic mass is 79.9. The topological polar surface area (TPSA) is 52.0 Å². The van der Waals surface area contributed by atoms with Crippen LogP contribution >= 0.6 is 22.4 Å². The molecule has 2 nitrogen and oxygen atoms in total. The van der Waals surface area contributed by atoms with E-state index in [0.29, 0.717) is 0 Å². The van der Waals surface area contributed by atoms with Gasteiger partial charge in [0, 0.05) is 0 Å². The van der Waals surface area contributed by atoms with Crippen LogP contribution in [0.5, 0.6) is 0 Å². The van der Waals surface area contributed by atoms with Crippen LogP contribution in [0.4, 0.5) is 0 Å². The fourth-order valence-electron chi connectivity index (χ4n) is 0. The normalized spacial score (nSPS) is 9.00. The molecule has 0 amide bonds. The van der Waals surface area contributed by atoms with E-state index in [1.807, 2.05) is 0 Å². The average Bonchev–Trinajstić information content (AvgIpc) is 0.811. The van der Waals surface area contributed by atoms with Gasteiger partial charge in [0.1, 0.15) is 6.93 Å². The Labute approximate surface area is 34.1 Å². The van der Waals surface area contributed by atoms with E-state index in [0.717, 1.165) is 0 Å². The van der Waals surface area contributed by atoms with Crippen molar-refractivity contribution >= 4 is 22.4 Å². The Kier molecular flexibility index (Phi) is 2.52. The minimum absolute atomic E-state index is 0.808. The maximum atomic E-state index is 4.87. The molecule has 0 heterocycles. The van der Waals surface area contributed by atoms with Crippen LogP contribution in [0, 0.1) is 0 Å². The van der Waals surface area contributed by atoms with Crippen molar-refractivity contribution in [2.24, 2.45) is 11.0 Å². The van der Waals surface area contributed by atoms with Gasteiger partial charge in [-0.05, 0) is 15.5 Å². The first-order chi connectivity index (χ1) is 1.73. The second-order valence-corrected chi connectivity index (χ2v) is 3.49. The summed E-state index contributed by atoms with van der Waals surface area (Å²) >= 11 is 2.89. The van der Waals surface area contributed by atoms with Gasteiger partial charge in [0.2, 0.25) is 0 Å². The van der Waals surface area contributed by atoms with Crippen LogP contribution in [0.25, 0.3) is 0 Å². The average molecular weight is 143 g/mol. The van der Waals surface area contributed by atoms with E-state index in [9.17, 15) is 0 Å². The third-order valence-electron chi connectivity index (χ3n) is 0. The van der Waals surface area contributed by atoms with Crippen molar-refractivity contribution in [3.63, 3.8) is 0 Å². The molecule has 0 spiro atoms. The van der Waals surface area contributed by atoms with Crippen molar-refractivity contribution in [1.29, 1.82) is 0 Å². The predicted octanol–water partition coefficient (Wildman–Crippen LogP) is 0.526. The van der Waals surface area contributed by atoms with Crippen molar-refractivity contribution in [1.82, 2.24) is 0 Å². The smallest absolute Gasteiger partial charge is 0.102 e. The van der Waals surface area contributed by atoms with Crippen molar-refractivity contribution in [3.05, 3.63) is 0 Å². The Balaban J connectivity index is 2.32. The van der Waals surface area contributed by atoms with Gasteiger partial charge in [-0.3, -0.25) is 11.0 Å². The number of nitrogens with two attached hydrogens (primary N) is 2. The Morgan fingerprint density at radius 2 is 1.50 bits per heavy atom. The summed E-state index contributed by atoms with van der Waals surface area (Å²) in [7, 11) is 0. The fourth-order valence-corrected chi connectivity index (χ4v) is 0. The number of halogens is 1. The molecule has 0 rings (SSSR count). The van der Waals surface area contributed by atoms with E-state index >= 15 is 0 Å². The zero-order valence-corrected chi connectivity index (χ0v) is 4.46. The van der Waals surface area contributed by atoms with Crippen LogP contribution in [0.2, 0.25) is 0 Å². The molecule has 0 aliphatic rings. The first-order valence-corrected chi connectivity index (χ1v) is 4.18. The Bertz CT molecular complexity index is 10.8. The summed E-state index contributed by atoms with van der Waals surface area (Å²) in [5.41, 5.74) is 9.74. The van der Waals surface area contributed by atoms with Gasteiger partial charge in [0.15, 0.2) is 0 Å². The highest BCUT2D eigenvalue weighted by Gasteiger charge is 1.69. The quantitative estimate of drug-likeness (QED) is 0.485. The van der Waals surface area contributed by atoms with Crippen LogP contribution in [-0.4, -0.2) is 0 Å². The lowest BCUT2D eigenvalue weighted by atomic mass is 13.9. The van der Waals surface area contributed by atoms with Gasteiger partial charge in [0.05, 0.1) is 0 Å². The Morgan fingerprint density at radius 1 is 1.50 bits per heavy atom. The molecule has 0 aromatic carbocycles. The highest BCUT2D eigenvalue weighted by molar-refractivity contribution is 9.39. The van der Waals surface area contributed by atoms with Gasteiger partial charge in [-0.1, -0.05) is 0 Å². The van der Waals surface area contributed by atoms with Crippen molar-refractivity contribution in [3.8, 4) is 0 Å². The molecule has 0 fully saturated rings. The Morgan fingerprint density at radius 3 is 1.50 bits per heavy atom. The van der Waals surface area contributed by atoms with Gasteiger partial charge < -0.3 is 0 Å². The first kappa shape index (κ1) is 4.83. The minimum atomic E-state index is -0.808. The van der Waals surface area contributed by atoms with E-state index in [1.54, 1.807) is 0 Å².